The second kappa shape index (κ2) is 4.77. The Morgan fingerprint density at radius 3 is 2.80 bits per heavy atom. The molecule has 20 heavy (non-hydrogen) atoms. The molecule has 2 atom stereocenters. The van der Waals surface area contributed by atoms with E-state index in [1.807, 2.05) is 18.2 Å². The van der Waals surface area contributed by atoms with E-state index in [2.05, 4.69) is 35.9 Å². The standard InChI is InChI=1S/C16H23N3O/c1-3-15(2)11-16(9-10-20-15)12-18-14(17)19(16)13-7-5-4-6-8-13/h4-8H,3,9-12H2,1-2H3,(H2,17,18). The van der Waals surface area contributed by atoms with Crippen LogP contribution in [-0.2, 0) is 4.74 Å². The summed E-state index contributed by atoms with van der Waals surface area (Å²) in [6, 6.07) is 10.3. The van der Waals surface area contributed by atoms with Gasteiger partial charge in [0.05, 0.1) is 17.7 Å². The summed E-state index contributed by atoms with van der Waals surface area (Å²) in [6.45, 7) is 5.93. The number of hydrogen-bond acceptors (Lipinski definition) is 4. The van der Waals surface area contributed by atoms with E-state index in [-0.39, 0.29) is 11.1 Å². The zero-order valence-corrected chi connectivity index (χ0v) is 12.3. The molecule has 0 aliphatic carbocycles. The fraction of sp³-hybridized carbons (Fsp3) is 0.562. The van der Waals surface area contributed by atoms with Crippen LogP contribution in [0.1, 0.15) is 33.1 Å². The number of guanidine groups is 1. The average Bonchev–Trinajstić information content (AvgIpc) is 2.76. The number of para-hydroxylation sites is 1. The first-order valence-electron chi connectivity index (χ1n) is 7.38. The third kappa shape index (κ3) is 2.08. The van der Waals surface area contributed by atoms with E-state index < -0.39 is 0 Å². The van der Waals surface area contributed by atoms with Crippen molar-refractivity contribution in [1.82, 2.24) is 0 Å². The van der Waals surface area contributed by atoms with Crippen LogP contribution >= 0.6 is 0 Å². The highest BCUT2D eigenvalue weighted by Gasteiger charge is 2.50. The minimum absolute atomic E-state index is 0.0194. The van der Waals surface area contributed by atoms with E-state index in [9.17, 15) is 0 Å². The maximum atomic E-state index is 6.18. The molecule has 0 amide bonds. The number of hydrogen-bond donors (Lipinski definition) is 1. The van der Waals surface area contributed by atoms with Gasteiger partial charge in [-0.2, -0.15) is 0 Å². The van der Waals surface area contributed by atoms with Crippen molar-refractivity contribution in [1.29, 1.82) is 0 Å². The summed E-state index contributed by atoms with van der Waals surface area (Å²) in [5.41, 5.74) is 7.22. The molecule has 0 saturated carbocycles. The molecule has 4 heteroatoms. The highest BCUT2D eigenvalue weighted by molar-refractivity contribution is 5.98. The fourth-order valence-corrected chi connectivity index (χ4v) is 3.47. The third-order valence-electron chi connectivity index (χ3n) is 4.72. The van der Waals surface area contributed by atoms with Gasteiger partial charge in [-0.1, -0.05) is 25.1 Å². The van der Waals surface area contributed by atoms with Crippen molar-refractivity contribution in [2.75, 3.05) is 18.1 Å². The number of aliphatic imine (C=N–C) groups is 1. The molecule has 0 aromatic heterocycles. The van der Waals surface area contributed by atoms with Crippen LogP contribution in [0.15, 0.2) is 35.3 Å². The molecule has 2 unspecified atom stereocenters. The van der Waals surface area contributed by atoms with Crippen LogP contribution < -0.4 is 10.6 Å². The van der Waals surface area contributed by atoms with Crippen molar-refractivity contribution < 1.29 is 4.74 Å². The molecular weight excluding hydrogens is 250 g/mol. The van der Waals surface area contributed by atoms with E-state index in [0.717, 1.165) is 38.1 Å². The second-order valence-corrected chi connectivity index (χ2v) is 6.15. The van der Waals surface area contributed by atoms with Crippen LogP contribution in [0, 0.1) is 0 Å². The first-order valence-corrected chi connectivity index (χ1v) is 7.38. The predicted octanol–water partition coefficient (Wildman–Crippen LogP) is 2.54. The summed E-state index contributed by atoms with van der Waals surface area (Å²) >= 11 is 0. The smallest absolute Gasteiger partial charge is 0.196 e. The Morgan fingerprint density at radius 2 is 2.10 bits per heavy atom. The molecule has 2 heterocycles. The van der Waals surface area contributed by atoms with Crippen molar-refractivity contribution in [2.24, 2.45) is 10.7 Å². The Bertz CT molecular complexity index is 516. The Hall–Kier alpha value is -1.55. The minimum atomic E-state index is -0.0780. The van der Waals surface area contributed by atoms with Gasteiger partial charge in [0, 0.05) is 18.7 Å². The Labute approximate surface area is 120 Å². The van der Waals surface area contributed by atoms with Crippen LogP contribution in [0.4, 0.5) is 5.69 Å². The summed E-state index contributed by atoms with van der Waals surface area (Å²) in [7, 11) is 0. The third-order valence-corrected chi connectivity index (χ3v) is 4.72. The van der Waals surface area contributed by atoms with Crippen LogP contribution in [0.25, 0.3) is 0 Å². The highest BCUT2D eigenvalue weighted by Crippen LogP contribution is 2.42. The Morgan fingerprint density at radius 1 is 1.35 bits per heavy atom. The minimum Gasteiger partial charge on any atom is -0.375 e. The van der Waals surface area contributed by atoms with Crippen LogP contribution in [0.2, 0.25) is 0 Å². The number of benzene rings is 1. The van der Waals surface area contributed by atoms with Crippen molar-refractivity contribution >= 4 is 11.6 Å². The Kier molecular flexibility index (Phi) is 3.21. The molecule has 0 bridgehead atoms. The predicted molar refractivity (Wildman–Crippen MR) is 82.0 cm³/mol. The summed E-state index contributed by atoms with van der Waals surface area (Å²) in [6.07, 6.45) is 2.95. The maximum Gasteiger partial charge on any atom is 0.196 e. The van der Waals surface area contributed by atoms with E-state index in [1.165, 1.54) is 0 Å². The van der Waals surface area contributed by atoms with Crippen molar-refractivity contribution in [3.63, 3.8) is 0 Å². The first-order chi connectivity index (χ1) is 9.59. The number of nitrogens with zero attached hydrogens (tertiary/aromatic N) is 2. The normalized spacial score (nSPS) is 33.5. The molecule has 4 nitrogen and oxygen atoms in total. The van der Waals surface area contributed by atoms with E-state index >= 15 is 0 Å². The molecule has 3 rings (SSSR count). The fourth-order valence-electron chi connectivity index (χ4n) is 3.47. The molecule has 0 radical (unpaired) electrons. The van der Waals surface area contributed by atoms with Gasteiger partial charge in [0.2, 0.25) is 0 Å². The molecule has 2 aliphatic heterocycles. The van der Waals surface area contributed by atoms with Gasteiger partial charge in [0.15, 0.2) is 5.96 Å². The first kappa shape index (κ1) is 13.4. The second-order valence-electron chi connectivity index (χ2n) is 6.15. The van der Waals surface area contributed by atoms with Gasteiger partial charge in [0.1, 0.15) is 0 Å². The Balaban J connectivity index is 1.96. The van der Waals surface area contributed by atoms with Gasteiger partial charge in [-0.25, -0.2) is 0 Å². The average molecular weight is 273 g/mol. The molecule has 108 valence electrons. The van der Waals surface area contributed by atoms with E-state index in [0.29, 0.717) is 5.96 Å². The number of anilines is 1. The lowest BCUT2D eigenvalue weighted by Gasteiger charge is -2.48. The monoisotopic (exact) mass is 273 g/mol. The molecule has 1 spiro atoms. The molecule has 1 aromatic carbocycles. The number of rotatable bonds is 2. The molecular formula is C16H23N3O. The summed E-state index contributed by atoms with van der Waals surface area (Å²) < 4.78 is 6.00. The maximum absolute atomic E-state index is 6.18. The summed E-state index contributed by atoms with van der Waals surface area (Å²) in [5.74, 6) is 0.636. The zero-order chi connectivity index (χ0) is 14.2. The van der Waals surface area contributed by atoms with E-state index in [4.69, 9.17) is 10.5 Å². The lowest BCUT2D eigenvalue weighted by atomic mass is 9.78. The zero-order valence-electron chi connectivity index (χ0n) is 12.3. The van der Waals surface area contributed by atoms with Crippen molar-refractivity contribution in [3.05, 3.63) is 30.3 Å². The largest absolute Gasteiger partial charge is 0.375 e. The van der Waals surface area contributed by atoms with Crippen molar-refractivity contribution in [3.8, 4) is 0 Å². The summed E-state index contributed by atoms with van der Waals surface area (Å²) in [4.78, 5) is 6.76. The quantitative estimate of drug-likeness (QED) is 0.901. The molecule has 1 fully saturated rings. The SMILES string of the molecule is CCC1(C)CC2(CCO1)CN=C(N)N2c1ccccc1. The number of ether oxygens (including phenoxy) is 1. The van der Waals surface area contributed by atoms with Gasteiger partial charge in [-0.3, -0.25) is 4.99 Å². The van der Waals surface area contributed by atoms with Crippen LogP contribution in [-0.4, -0.2) is 30.3 Å². The number of nitrogens with two attached hydrogens (primary N) is 1. The van der Waals surface area contributed by atoms with Gasteiger partial charge < -0.3 is 15.4 Å². The van der Waals surface area contributed by atoms with Crippen LogP contribution in [0.5, 0.6) is 0 Å². The highest BCUT2D eigenvalue weighted by atomic mass is 16.5. The van der Waals surface area contributed by atoms with Crippen LogP contribution in [0.3, 0.4) is 0 Å². The topological polar surface area (TPSA) is 50.9 Å². The summed E-state index contributed by atoms with van der Waals surface area (Å²) in [5, 5.41) is 0. The molecule has 2 N–H and O–H groups in total. The van der Waals surface area contributed by atoms with Gasteiger partial charge in [-0.05, 0) is 31.9 Å². The lowest BCUT2D eigenvalue weighted by Crippen LogP contribution is -2.59. The molecule has 1 aromatic rings. The molecule has 2 aliphatic rings. The van der Waals surface area contributed by atoms with Gasteiger partial charge in [-0.15, -0.1) is 0 Å². The lowest BCUT2D eigenvalue weighted by molar-refractivity contribution is -0.0902. The van der Waals surface area contributed by atoms with Gasteiger partial charge >= 0.3 is 0 Å². The van der Waals surface area contributed by atoms with Crippen molar-refractivity contribution in [2.45, 2.75) is 44.2 Å². The molecule has 1 saturated heterocycles. The van der Waals surface area contributed by atoms with E-state index in [1.54, 1.807) is 0 Å². The van der Waals surface area contributed by atoms with Gasteiger partial charge in [0.25, 0.3) is 0 Å².